The van der Waals surface area contributed by atoms with E-state index in [2.05, 4.69) is 22.8 Å². The first kappa shape index (κ1) is 22.1. The van der Waals surface area contributed by atoms with Crippen LogP contribution in [0, 0.1) is 5.92 Å². The lowest BCUT2D eigenvalue weighted by Gasteiger charge is -2.16. The van der Waals surface area contributed by atoms with Crippen molar-refractivity contribution in [3.05, 3.63) is 89.5 Å². The lowest BCUT2D eigenvalue weighted by atomic mass is 9.98. The van der Waals surface area contributed by atoms with E-state index in [1.54, 1.807) is 19.1 Å². The highest BCUT2D eigenvalue weighted by molar-refractivity contribution is 6.01. The van der Waals surface area contributed by atoms with Crippen molar-refractivity contribution in [2.75, 3.05) is 18.5 Å². The van der Waals surface area contributed by atoms with Gasteiger partial charge < -0.3 is 20.5 Å². The van der Waals surface area contributed by atoms with Gasteiger partial charge in [0.2, 0.25) is 5.91 Å². The van der Waals surface area contributed by atoms with Crippen LogP contribution in [0.4, 0.5) is 10.5 Å². The number of alkyl carbamates (subject to hydrolysis) is 1. The first-order chi connectivity index (χ1) is 16.0. The van der Waals surface area contributed by atoms with Gasteiger partial charge in [-0.3, -0.25) is 4.79 Å². The van der Waals surface area contributed by atoms with Crippen molar-refractivity contribution in [2.45, 2.75) is 12.8 Å². The molecule has 0 heterocycles. The SMILES string of the molecule is CC(CNC(=O)OCC1c2ccccc2-c2ccccc21)C(=O)Nc1ccccc1C(=O)O. The van der Waals surface area contributed by atoms with Gasteiger partial charge in [-0.15, -0.1) is 0 Å². The van der Waals surface area contributed by atoms with Crippen molar-refractivity contribution in [1.29, 1.82) is 0 Å². The highest BCUT2D eigenvalue weighted by atomic mass is 16.5. The minimum Gasteiger partial charge on any atom is -0.478 e. The molecule has 0 saturated heterocycles. The van der Waals surface area contributed by atoms with E-state index in [-0.39, 0.29) is 30.3 Å². The minimum absolute atomic E-state index is 0.00236. The first-order valence-electron chi connectivity index (χ1n) is 10.7. The number of aromatic carboxylic acids is 1. The molecule has 1 atom stereocenters. The smallest absolute Gasteiger partial charge is 0.407 e. The summed E-state index contributed by atoms with van der Waals surface area (Å²) in [5.74, 6) is -2.17. The number of para-hydroxylation sites is 1. The summed E-state index contributed by atoms with van der Waals surface area (Å²) < 4.78 is 5.48. The molecule has 3 aromatic carbocycles. The van der Waals surface area contributed by atoms with Gasteiger partial charge >= 0.3 is 12.1 Å². The molecule has 3 N–H and O–H groups in total. The van der Waals surface area contributed by atoms with Crippen molar-refractivity contribution >= 4 is 23.7 Å². The molecule has 1 aliphatic rings. The van der Waals surface area contributed by atoms with Crippen molar-refractivity contribution in [1.82, 2.24) is 5.32 Å². The average Bonchev–Trinajstić information content (AvgIpc) is 3.15. The van der Waals surface area contributed by atoms with Crippen molar-refractivity contribution in [2.24, 2.45) is 5.92 Å². The zero-order valence-electron chi connectivity index (χ0n) is 18.1. The monoisotopic (exact) mass is 444 g/mol. The maximum absolute atomic E-state index is 12.4. The fraction of sp³-hybridized carbons (Fsp3) is 0.192. The Kier molecular flexibility index (Phi) is 6.40. The number of rotatable bonds is 7. The molecule has 7 heteroatoms. The lowest BCUT2D eigenvalue weighted by Crippen LogP contribution is -2.35. The summed E-state index contributed by atoms with van der Waals surface area (Å²) in [7, 11) is 0. The number of hydrogen-bond acceptors (Lipinski definition) is 4. The predicted octanol–water partition coefficient (Wildman–Crippen LogP) is 4.50. The number of carbonyl (C=O) groups excluding carboxylic acids is 2. The first-order valence-corrected chi connectivity index (χ1v) is 10.7. The number of hydrogen-bond donors (Lipinski definition) is 3. The topological polar surface area (TPSA) is 105 Å². The molecular formula is C26H24N2O5. The summed E-state index contributed by atoms with van der Waals surface area (Å²) in [6, 6.07) is 22.3. The molecule has 0 radical (unpaired) electrons. The summed E-state index contributed by atoms with van der Waals surface area (Å²) in [5, 5.41) is 14.5. The number of benzene rings is 3. The Bertz CT molecular complexity index is 1160. The lowest BCUT2D eigenvalue weighted by molar-refractivity contribution is -0.119. The van der Waals surface area contributed by atoms with Crippen LogP contribution in [0.25, 0.3) is 11.1 Å². The molecule has 168 valence electrons. The van der Waals surface area contributed by atoms with E-state index in [1.165, 1.54) is 12.1 Å². The highest BCUT2D eigenvalue weighted by Gasteiger charge is 2.29. The number of amides is 2. The molecule has 33 heavy (non-hydrogen) atoms. The Morgan fingerprint density at radius 3 is 2.12 bits per heavy atom. The van der Waals surface area contributed by atoms with E-state index in [9.17, 15) is 19.5 Å². The maximum atomic E-state index is 12.4. The summed E-state index contributed by atoms with van der Waals surface area (Å²) in [6.45, 7) is 1.88. The molecule has 2 amide bonds. The number of fused-ring (bicyclic) bond motifs is 3. The van der Waals surface area contributed by atoms with Crippen molar-refractivity contribution in [3.8, 4) is 11.1 Å². The third-order valence-corrected chi connectivity index (χ3v) is 5.76. The van der Waals surface area contributed by atoms with Crippen LogP contribution < -0.4 is 10.6 Å². The Morgan fingerprint density at radius 2 is 1.48 bits per heavy atom. The summed E-state index contributed by atoms with van der Waals surface area (Å²) in [6.07, 6.45) is -0.609. The molecule has 1 unspecified atom stereocenters. The number of carbonyl (C=O) groups is 3. The third-order valence-electron chi connectivity index (χ3n) is 5.76. The zero-order valence-corrected chi connectivity index (χ0v) is 18.1. The molecular weight excluding hydrogens is 420 g/mol. The van der Waals surface area contributed by atoms with Crippen LogP contribution in [0.3, 0.4) is 0 Å². The molecule has 7 nitrogen and oxygen atoms in total. The molecule has 0 fully saturated rings. The van der Waals surface area contributed by atoms with Gasteiger partial charge in [-0.05, 0) is 34.4 Å². The van der Waals surface area contributed by atoms with Crippen LogP contribution in [0.1, 0.15) is 34.3 Å². The van der Waals surface area contributed by atoms with E-state index < -0.39 is 23.9 Å². The minimum atomic E-state index is -1.13. The van der Waals surface area contributed by atoms with Crippen LogP contribution in [0.15, 0.2) is 72.8 Å². The Balaban J connectivity index is 1.31. The number of carboxylic acid groups (broad SMARTS) is 1. The van der Waals surface area contributed by atoms with Crippen LogP contribution in [-0.4, -0.2) is 36.2 Å². The van der Waals surface area contributed by atoms with E-state index in [0.717, 1.165) is 22.3 Å². The molecule has 0 spiro atoms. The van der Waals surface area contributed by atoms with Gasteiger partial charge in [0.25, 0.3) is 0 Å². The molecule has 4 rings (SSSR count). The number of anilines is 1. The summed E-state index contributed by atoms with van der Waals surface area (Å²) >= 11 is 0. The Morgan fingerprint density at radius 1 is 0.909 bits per heavy atom. The number of carboxylic acids is 1. The second-order valence-corrected chi connectivity index (χ2v) is 7.95. The Labute approximate surface area is 191 Å². The molecule has 0 aromatic heterocycles. The van der Waals surface area contributed by atoms with Crippen LogP contribution in [0.2, 0.25) is 0 Å². The van der Waals surface area contributed by atoms with Gasteiger partial charge in [0.1, 0.15) is 6.61 Å². The largest absolute Gasteiger partial charge is 0.478 e. The van der Waals surface area contributed by atoms with Crippen LogP contribution >= 0.6 is 0 Å². The predicted molar refractivity (Wildman–Crippen MR) is 124 cm³/mol. The Hall–Kier alpha value is -4.13. The van der Waals surface area contributed by atoms with Crippen molar-refractivity contribution < 1.29 is 24.2 Å². The normalized spacial score (nSPS) is 12.9. The molecule has 1 aliphatic carbocycles. The van der Waals surface area contributed by atoms with Gasteiger partial charge in [-0.25, -0.2) is 9.59 Å². The van der Waals surface area contributed by atoms with E-state index >= 15 is 0 Å². The van der Waals surface area contributed by atoms with Gasteiger partial charge in [-0.2, -0.15) is 0 Å². The standard InChI is InChI=1S/C26H24N2O5/c1-16(24(29)28-23-13-7-6-12-21(23)25(30)31)14-27-26(32)33-15-22-19-10-4-2-8-17(19)18-9-3-5-11-20(18)22/h2-13,16,22H,14-15H2,1H3,(H,27,32)(H,28,29)(H,30,31). The van der Waals surface area contributed by atoms with E-state index in [1.807, 2.05) is 36.4 Å². The average molecular weight is 444 g/mol. The van der Waals surface area contributed by atoms with Crippen molar-refractivity contribution in [3.63, 3.8) is 0 Å². The van der Waals surface area contributed by atoms with Gasteiger partial charge in [-0.1, -0.05) is 67.6 Å². The van der Waals surface area contributed by atoms with Gasteiger partial charge in [0.15, 0.2) is 0 Å². The quantitative estimate of drug-likeness (QED) is 0.498. The van der Waals surface area contributed by atoms with E-state index in [0.29, 0.717) is 0 Å². The maximum Gasteiger partial charge on any atom is 0.407 e. The molecule has 0 aliphatic heterocycles. The highest BCUT2D eigenvalue weighted by Crippen LogP contribution is 2.44. The van der Waals surface area contributed by atoms with Crippen LogP contribution in [0.5, 0.6) is 0 Å². The fourth-order valence-electron chi connectivity index (χ4n) is 4.01. The third kappa shape index (κ3) is 4.72. The zero-order chi connectivity index (χ0) is 23.4. The second-order valence-electron chi connectivity index (χ2n) is 7.95. The van der Waals surface area contributed by atoms with Gasteiger partial charge in [0, 0.05) is 12.5 Å². The van der Waals surface area contributed by atoms with Crippen LogP contribution in [-0.2, 0) is 9.53 Å². The molecule has 0 saturated carbocycles. The fourth-order valence-corrected chi connectivity index (χ4v) is 4.01. The summed E-state index contributed by atoms with van der Waals surface area (Å²) in [4.78, 5) is 36.1. The molecule has 0 bridgehead atoms. The number of nitrogens with one attached hydrogen (secondary N) is 2. The van der Waals surface area contributed by atoms with E-state index in [4.69, 9.17) is 4.74 Å². The second kappa shape index (κ2) is 9.56. The molecule has 3 aromatic rings. The summed E-state index contributed by atoms with van der Waals surface area (Å²) in [5.41, 5.74) is 4.75. The van der Waals surface area contributed by atoms with Gasteiger partial charge in [0.05, 0.1) is 17.2 Å². The number of ether oxygens (including phenoxy) is 1.